The van der Waals surface area contributed by atoms with Crippen molar-refractivity contribution in [2.45, 2.75) is 26.3 Å². The van der Waals surface area contributed by atoms with Gasteiger partial charge in [-0.15, -0.1) is 0 Å². The van der Waals surface area contributed by atoms with Gasteiger partial charge >= 0.3 is 0 Å². The summed E-state index contributed by atoms with van der Waals surface area (Å²) in [6, 6.07) is 14.2. The van der Waals surface area contributed by atoms with Gasteiger partial charge in [0.1, 0.15) is 5.75 Å². The third kappa shape index (κ3) is 4.06. The SMILES string of the molecule is CCCOc1ccccc1C(NN)c1cc(C)cc(Br)c1. The van der Waals surface area contributed by atoms with Crippen molar-refractivity contribution in [3.8, 4) is 5.75 Å². The number of hydrazine groups is 1. The quantitative estimate of drug-likeness (QED) is 0.610. The Hall–Kier alpha value is -1.36. The van der Waals surface area contributed by atoms with Gasteiger partial charge in [0.2, 0.25) is 0 Å². The molecule has 2 aromatic rings. The molecule has 0 fully saturated rings. The van der Waals surface area contributed by atoms with Crippen LogP contribution in [0, 0.1) is 6.92 Å². The molecule has 0 aliphatic heterocycles. The summed E-state index contributed by atoms with van der Waals surface area (Å²) >= 11 is 3.54. The Kier molecular flexibility index (Phi) is 5.79. The Morgan fingerprint density at radius 2 is 2.00 bits per heavy atom. The van der Waals surface area contributed by atoms with Crippen LogP contribution in [0.5, 0.6) is 5.75 Å². The van der Waals surface area contributed by atoms with Gasteiger partial charge in [-0.05, 0) is 42.7 Å². The lowest BCUT2D eigenvalue weighted by molar-refractivity contribution is 0.311. The van der Waals surface area contributed by atoms with Crippen LogP contribution < -0.4 is 16.0 Å². The van der Waals surface area contributed by atoms with Crippen LogP contribution in [0.4, 0.5) is 0 Å². The van der Waals surface area contributed by atoms with Gasteiger partial charge in [-0.3, -0.25) is 5.84 Å². The molecule has 0 bridgehead atoms. The lowest BCUT2D eigenvalue weighted by Crippen LogP contribution is -2.29. The zero-order chi connectivity index (χ0) is 15.2. The molecule has 0 saturated carbocycles. The van der Waals surface area contributed by atoms with Crippen molar-refractivity contribution in [1.82, 2.24) is 5.43 Å². The van der Waals surface area contributed by atoms with Crippen LogP contribution >= 0.6 is 15.9 Å². The molecular weight excluding hydrogens is 328 g/mol. The largest absolute Gasteiger partial charge is 0.493 e. The molecule has 4 heteroatoms. The Bertz CT molecular complexity index is 581. The summed E-state index contributed by atoms with van der Waals surface area (Å²) < 4.78 is 6.89. The normalized spacial score (nSPS) is 12.2. The highest BCUT2D eigenvalue weighted by Gasteiger charge is 2.17. The summed E-state index contributed by atoms with van der Waals surface area (Å²) in [5.74, 6) is 6.69. The van der Waals surface area contributed by atoms with Crippen LogP contribution in [0.1, 0.15) is 36.1 Å². The molecule has 0 spiro atoms. The van der Waals surface area contributed by atoms with Crippen LogP contribution in [0.25, 0.3) is 0 Å². The monoisotopic (exact) mass is 348 g/mol. The summed E-state index contributed by atoms with van der Waals surface area (Å²) in [4.78, 5) is 0. The number of hydrogen-bond acceptors (Lipinski definition) is 3. The second-order valence-corrected chi connectivity index (χ2v) is 5.96. The minimum absolute atomic E-state index is 0.103. The van der Waals surface area contributed by atoms with Crippen molar-refractivity contribution < 1.29 is 4.74 Å². The van der Waals surface area contributed by atoms with E-state index < -0.39 is 0 Å². The molecule has 112 valence electrons. The number of nitrogens with one attached hydrogen (secondary N) is 1. The minimum Gasteiger partial charge on any atom is -0.493 e. The van der Waals surface area contributed by atoms with Crippen molar-refractivity contribution in [1.29, 1.82) is 0 Å². The van der Waals surface area contributed by atoms with Gasteiger partial charge in [0, 0.05) is 10.0 Å². The van der Waals surface area contributed by atoms with Gasteiger partial charge < -0.3 is 4.74 Å². The van der Waals surface area contributed by atoms with Crippen molar-refractivity contribution >= 4 is 15.9 Å². The van der Waals surface area contributed by atoms with Gasteiger partial charge in [0.15, 0.2) is 0 Å². The maximum Gasteiger partial charge on any atom is 0.124 e. The maximum atomic E-state index is 5.84. The number of aryl methyl sites for hydroxylation is 1. The standard InChI is InChI=1S/C17H21BrN2O/c1-3-8-21-16-7-5-4-6-15(16)17(20-19)13-9-12(2)10-14(18)11-13/h4-7,9-11,17,20H,3,8,19H2,1-2H3. The van der Waals surface area contributed by atoms with E-state index in [2.05, 4.69) is 53.4 Å². The van der Waals surface area contributed by atoms with E-state index in [9.17, 15) is 0 Å². The third-order valence-electron chi connectivity index (χ3n) is 3.26. The number of hydrogen-bond donors (Lipinski definition) is 2. The first kappa shape index (κ1) is 16.0. The van der Waals surface area contributed by atoms with E-state index in [-0.39, 0.29) is 6.04 Å². The van der Waals surface area contributed by atoms with Gasteiger partial charge in [-0.2, -0.15) is 0 Å². The molecule has 2 rings (SSSR count). The number of benzene rings is 2. The molecule has 0 aromatic heterocycles. The van der Waals surface area contributed by atoms with E-state index >= 15 is 0 Å². The highest BCUT2D eigenvalue weighted by atomic mass is 79.9. The Morgan fingerprint density at radius 3 is 2.67 bits per heavy atom. The van der Waals surface area contributed by atoms with Crippen LogP contribution in [0.3, 0.4) is 0 Å². The minimum atomic E-state index is -0.103. The lowest BCUT2D eigenvalue weighted by Gasteiger charge is -2.21. The molecule has 0 radical (unpaired) electrons. The average Bonchev–Trinajstić information content (AvgIpc) is 2.46. The first-order valence-corrected chi connectivity index (χ1v) is 7.90. The van der Waals surface area contributed by atoms with E-state index in [1.165, 1.54) is 5.56 Å². The van der Waals surface area contributed by atoms with E-state index in [4.69, 9.17) is 10.6 Å². The molecule has 3 N–H and O–H groups in total. The van der Waals surface area contributed by atoms with Crippen LogP contribution in [0.15, 0.2) is 46.9 Å². The number of halogens is 1. The summed E-state index contributed by atoms with van der Waals surface area (Å²) in [6.45, 7) is 4.87. The molecule has 0 heterocycles. The van der Waals surface area contributed by atoms with Crippen molar-refractivity contribution in [3.05, 3.63) is 63.6 Å². The molecule has 0 aliphatic rings. The Morgan fingerprint density at radius 1 is 1.24 bits per heavy atom. The number of para-hydroxylation sites is 1. The topological polar surface area (TPSA) is 47.3 Å². The zero-order valence-electron chi connectivity index (χ0n) is 12.4. The summed E-state index contributed by atoms with van der Waals surface area (Å²) in [5, 5.41) is 0. The maximum absolute atomic E-state index is 5.84. The third-order valence-corrected chi connectivity index (χ3v) is 3.71. The molecule has 1 unspecified atom stereocenters. The first-order chi connectivity index (χ1) is 10.2. The van der Waals surface area contributed by atoms with Crippen LogP contribution in [-0.4, -0.2) is 6.61 Å². The highest BCUT2D eigenvalue weighted by Crippen LogP contribution is 2.31. The Balaban J connectivity index is 2.41. The van der Waals surface area contributed by atoms with Crippen molar-refractivity contribution in [3.63, 3.8) is 0 Å². The van der Waals surface area contributed by atoms with Crippen LogP contribution in [-0.2, 0) is 0 Å². The Labute approximate surface area is 134 Å². The summed E-state index contributed by atoms with van der Waals surface area (Å²) in [6.07, 6.45) is 0.977. The van der Waals surface area contributed by atoms with Gasteiger partial charge in [0.05, 0.1) is 12.6 Å². The van der Waals surface area contributed by atoms with E-state index in [0.29, 0.717) is 6.61 Å². The predicted molar refractivity (Wildman–Crippen MR) is 90.3 cm³/mol. The second kappa shape index (κ2) is 7.59. The van der Waals surface area contributed by atoms with E-state index in [1.807, 2.05) is 24.3 Å². The average molecular weight is 349 g/mol. The lowest BCUT2D eigenvalue weighted by atomic mass is 9.97. The van der Waals surface area contributed by atoms with Crippen LogP contribution in [0.2, 0.25) is 0 Å². The highest BCUT2D eigenvalue weighted by molar-refractivity contribution is 9.10. The van der Waals surface area contributed by atoms with Gasteiger partial charge in [-0.1, -0.05) is 47.1 Å². The summed E-state index contributed by atoms with van der Waals surface area (Å²) in [5.41, 5.74) is 6.25. The molecule has 0 amide bonds. The fourth-order valence-electron chi connectivity index (χ4n) is 2.36. The summed E-state index contributed by atoms with van der Waals surface area (Å²) in [7, 11) is 0. The molecular formula is C17H21BrN2O. The molecule has 2 aromatic carbocycles. The fraction of sp³-hybridized carbons (Fsp3) is 0.294. The van der Waals surface area contributed by atoms with Crippen molar-refractivity contribution in [2.24, 2.45) is 5.84 Å². The molecule has 21 heavy (non-hydrogen) atoms. The second-order valence-electron chi connectivity index (χ2n) is 5.05. The number of ether oxygens (including phenoxy) is 1. The molecule has 3 nitrogen and oxygen atoms in total. The zero-order valence-corrected chi connectivity index (χ0v) is 14.0. The fourth-order valence-corrected chi connectivity index (χ4v) is 2.98. The van der Waals surface area contributed by atoms with E-state index in [0.717, 1.165) is 27.8 Å². The molecule has 0 saturated heterocycles. The molecule has 1 atom stereocenters. The smallest absolute Gasteiger partial charge is 0.124 e. The predicted octanol–water partition coefficient (Wildman–Crippen LogP) is 4.10. The number of rotatable bonds is 6. The van der Waals surface area contributed by atoms with E-state index in [1.54, 1.807) is 0 Å². The van der Waals surface area contributed by atoms with Gasteiger partial charge in [-0.25, -0.2) is 5.43 Å². The molecule has 0 aliphatic carbocycles. The first-order valence-electron chi connectivity index (χ1n) is 7.10. The number of nitrogens with two attached hydrogens (primary N) is 1. The van der Waals surface area contributed by atoms with Crippen molar-refractivity contribution in [2.75, 3.05) is 6.61 Å². The van der Waals surface area contributed by atoms with Gasteiger partial charge in [0.25, 0.3) is 0 Å².